The molecule has 1 atom stereocenters. The molecule has 8 heteroatoms. The molecule has 0 radical (unpaired) electrons. The molecule has 1 saturated heterocycles. The van der Waals surface area contributed by atoms with Crippen molar-refractivity contribution < 1.29 is 9.59 Å². The summed E-state index contributed by atoms with van der Waals surface area (Å²) in [5, 5.41) is 4.35. The van der Waals surface area contributed by atoms with Crippen molar-refractivity contribution in [1.29, 1.82) is 0 Å². The maximum absolute atomic E-state index is 13.2. The third-order valence-electron chi connectivity index (χ3n) is 6.39. The van der Waals surface area contributed by atoms with Crippen molar-refractivity contribution in [2.24, 2.45) is 0 Å². The highest BCUT2D eigenvalue weighted by Crippen LogP contribution is 2.47. The summed E-state index contributed by atoms with van der Waals surface area (Å²) >= 11 is 7.88. The summed E-state index contributed by atoms with van der Waals surface area (Å²) in [5.74, 6) is 0.0710. The Hall–Kier alpha value is -2.12. The van der Waals surface area contributed by atoms with Gasteiger partial charge in [-0.05, 0) is 55.9 Å². The van der Waals surface area contributed by atoms with Crippen molar-refractivity contribution in [3.63, 3.8) is 0 Å². The molecule has 1 aromatic heterocycles. The van der Waals surface area contributed by atoms with E-state index < -0.39 is 0 Å². The number of hydrogen-bond donors (Lipinski definition) is 1. The number of halogens is 1. The molecule has 152 valence electrons. The van der Waals surface area contributed by atoms with E-state index in [2.05, 4.69) is 10.3 Å². The van der Waals surface area contributed by atoms with Crippen LogP contribution >= 0.6 is 22.9 Å². The number of nitrogens with one attached hydrogen (secondary N) is 1. The Balaban J connectivity index is 1.43. The molecule has 1 unspecified atom stereocenters. The van der Waals surface area contributed by atoms with Crippen LogP contribution in [0.5, 0.6) is 0 Å². The number of aryl methyl sites for hydroxylation is 2. The summed E-state index contributed by atoms with van der Waals surface area (Å²) < 4.78 is 0. The summed E-state index contributed by atoms with van der Waals surface area (Å²) in [6.07, 6.45) is 5.24. The van der Waals surface area contributed by atoms with Crippen molar-refractivity contribution in [2.45, 2.75) is 44.4 Å². The van der Waals surface area contributed by atoms with E-state index in [4.69, 9.17) is 11.6 Å². The lowest BCUT2D eigenvalue weighted by Crippen LogP contribution is -2.41. The van der Waals surface area contributed by atoms with Gasteiger partial charge >= 0.3 is 6.03 Å². The third-order valence-corrected chi connectivity index (χ3v) is 7.69. The Morgan fingerprint density at radius 3 is 2.83 bits per heavy atom. The molecule has 0 saturated carbocycles. The summed E-state index contributed by atoms with van der Waals surface area (Å²) in [6, 6.07) is 5.52. The monoisotopic (exact) mass is 430 g/mol. The van der Waals surface area contributed by atoms with E-state index in [1.165, 1.54) is 17.7 Å². The predicted octanol–water partition coefficient (Wildman–Crippen LogP) is 4.22. The average Bonchev–Trinajstić information content (AvgIpc) is 3.38. The number of thiazole rings is 1. The average molecular weight is 431 g/mol. The lowest BCUT2D eigenvalue weighted by Gasteiger charge is -2.25. The van der Waals surface area contributed by atoms with Gasteiger partial charge in [0.1, 0.15) is 0 Å². The highest BCUT2D eigenvalue weighted by molar-refractivity contribution is 7.15. The SMILES string of the molecule is CC(=O)N1CCC2(C1)CN(C(=O)Nc1nc3c(s1)CCCC3)c1ccc(Cl)cc12. The van der Waals surface area contributed by atoms with Crippen LogP contribution in [0.3, 0.4) is 0 Å². The third kappa shape index (κ3) is 3.20. The molecule has 1 fully saturated rings. The van der Waals surface area contributed by atoms with Crippen molar-refractivity contribution >= 4 is 45.7 Å². The van der Waals surface area contributed by atoms with Crippen LogP contribution in [0, 0.1) is 0 Å². The van der Waals surface area contributed by atoms with E-state index in [1.807, 2.05) is 23.1 Å². The van der Waals surface area contributed by atoms with Crippen molar-refractivity contribution in [1.82, 2.24) is 9.88 Å². The van der Waals surface area contributed by atoms with E-state index in [0.717, 1.165) is 36.2 Å². The number of urea groups is 1. The molecule has 2 aliphatic heterocycles. The molecule has 2 aromatic rings. The highest BCUT2D eigenvalue weighted by Gasteiger charge is 2.49. The van der Waals surface area contributed by atoms with Gasteiger partial charge in [-0.2, -0.15) is 0 Å². The van der Waals surface area contributed by atoms with Crippen LogP contribution in [0.4, 0.5) is 15.6 Å². The van der Waals surface area contributed by atoms with Crippen LogP contribution in [-0.4, -0.2) is 41.5 Å². The molecule has 1 N–H and O–H groups in total. The van der Waals surface area contributed by atoms with E-state index in [0.29, 0.717) is 29.8 Å². The standard InChI is InChI=1S/C21H23ClN4O2S/c1-13(27)25-9-8-21(11-25)12-26(17-7-6-14(22)10-15(17)21)20(28)24-19-23-16-4-2-3-5-18(16)29-19/h6-7,10H,2-5,8-9,11-12H2,1H3,(H,23,24,28). The van der Waals surface area contributed by atoms with Crippen LogP contribution in [0.25, 0.3) is 0 Å². The molecule has 0 bridgehead atoms. The fourth-order valence-corrected chi connectivity index (χ4v) is 6.09. The van der Waals surface area contributed by atoms with E-state index in [1.54, 1.807) is 23.2 Å². The zero-order valence-corrected chi connectivity index (χ0v) is 17.9. The minimum atomic E-state index is -0.259. The molecule has 1 aromatic carbocycles. The molecule has 1 spiro atoms. The van der Waals surface area contributed by atoms with Gasteiger partial charge in [-0.1, -0.05) is 11.6 Å². The number of likely N-dealkylation sites (tertiary alicyclic amines) is 1. The smallest absolute Gasteiger partial charge is 0.328 e. The van der Waals surface area contributed by atoms with Gasteiger partial charge in [-0.15, -0.1) is 11.3 Å². The van der Waals surface area contributed by atoms with Crippen LogP contribution in [0.1, 0.15) is 42.3 Å². The number of fused-ring (bicyclic) bond motifs is 3. The molecular weight excluding hydrogens is 408 g/mol. The second kappa shape index (κ2) is 6.99. The number of hydrogen-bond acceptors (Lipinski definition) is 4. The second-order valence-corrected chi connectivity index (χ2v) is 9.76. The molecule has 1 aliphatic carbocycles. The first-order valence-corrected chi connectivity index (χ1v) is 11.3. The molecule has 6 nitrogen and oxygen atoms in total. The Morgan fingerprint density at radius 1 is 1.24 bits per heavy atom. The van der Waals surface area contributed by atoms with Crippen molar-refractivity contribution in [3.05, 3.63) is 39.4 Å². The van der Waals surface area contributed by atoms with Gasteiger partial charge in [-0.3, -0.25) is 15.0 Å². The number of aromatic nitrogens is 1. The van der Waals surface area contributed by atoms with Gasteiger partial charge in [0.25, 0.3) is 0 Å². The first-order chi connectivity index (χ1) is 13.9. The highest BCUT2D eigenvalue weighted by atomic mass is 35.5. The Bertz CT molecular complexity index is 983. The normalized spacial score (nSPS) is 22.7. The lowest BCUT2D eigenvalue weighted by molar-refractivity contribution is -0.127. The maximum Gasteiger partial charge on any atom is 0.328 e. The topological polar surface area (TPSA) is 65.5 Å². The van der Waals surface area contributed by atoms with Gasteiger partial charge < -0.3 is 4.90 Å². The summed E-state index contributed by atoms with van der Waals surface area (Å²) in [7, 11) is 0. The first-order valence-electron chi connectivity index (χ1n) is 10.1. The number of carbonyl (C=O) groups is 2. The number of carbonyl (C=O) groups excluding carboxylic acids is 2. The molecule has 3 amide bonds. The van der Waals surface area contributed by atoms with Crippen LogP contribution < -0.4 is 10.2 Å². The number of rotatable bonds is 1. The first kappa shape index (κ1) is 18.9. The Morgan fingerprint density at radius 2 is 2.07 bits per heavy atom. The lowest BCUT2D eigenvalue weighted by atomic mass is 9.81. The second-order valence-electron chi connectivity index (χ2n) is 8.24. The molecule has 3 aliphatic rings. The minimum absolute atomic E-state index is 0.0710. The summed E-state index contributed by atoms with van der Waals surface area (Å²) in [6.45, 7) is 3.46. The van der Waals surface area contributed by atoms with Gasteiger partial charge in [0.2, 0.25) is 5.91 Å². The molecule has 3 heterocycles. The fourth-order valence-electron chi connectivity index (χ4n) is 4.88. The van der Waals surface area contributed by atoms with Crippen molar-refractivity contribution in [2.75, 3.05) is 29.9 Å². The van der Waals surface area contributed by atoms with Crippen LogP contribution in [0.15, 0.2) is 18.2 Å². The zero-order valence-electron chi connectivity index (χ0n) is 16.3. The fraction of sp³-hybridized carbons (Fsp3) is 0.476. The Labute approximate surface area is 178 Å². The largest absolute Gasteiger partial charge is 0.342 e. The number of anilines is 2. The van der Waals surface area contributed by atoms with E-state index >= 15 is 0 Å². The van der Waals surface area contributed by atoms with Crippen LogP contribution in [0.2, 0.25) is 5.02 Å². The number of nitrogens with zero attached hydrogens (tertiary/aromatic N) is 3. The quantitative estimate of drug-likeness (QED) is 0.736. The number of amides is 3. The van der Waals surface area contributed by atoms with Gasteiger partial charge in [0, 0.05) is 47.6 Å². The van der Waals surface area contributed by atoms with E-state index in [9.17, 15) is 9.59 Å². The van der Waals surface area contributed by atoms with Gasteiger partial charge in [0.15, 0.2) is 5.13 Å². The summed E-state index contributed by atoms with van der Waals surface area (Å²) in [4.78, 5) is 34.7. The molecule has 5 rings (SSSR count). The molecule has 29 heavy (non-hydrogen) atoms. The number of benzene rings is 1. The minimum Gasteiger partial charge on any atom is -0.342 e. The predicted molar refractivity (Wildman–Crippen MR) is 115 cm³/mol. The molecular formula is C21H23ClN4O2S. The van der Waals surface area contributed by atoms with E-state index in [-0.39, 0.29) is 17.4 Å². The zero-order chi connectivity index (χ0) is 20.2. The Kier molecular flexibility index (Phi) is 4.55. The van der Waals surface area contributed by atoms with Crippen molar-refractivity contribution in [3.8, 4) is 0 Å². The summed E-state index contributed by atoms with van der Waals surface area (Å²) in [5.41, 5.74) is 2.81. The van der Waals surface area contributed by atoms with Gasteiger partial charge in [0.05, 0.1) is 5.69 Å². The van der Waals surface area contributed by atoms with Crippen LogP contribution in [-0.2, 0) is 23.1 Å². The van der Waals surface area contributed by atoms with Gasteiger partial charge in [-0.25, -0.2) is 9.78 Å². The maximum atomic E-state index is 13.2.